The van der Waals surface area contributed by atoms with Gasteiger partial charge in [-0.3, -0.25) is 4.98 Å². The predicted octanol–water partition coefficient (Wildman–Crippen LogP) is 2.84. The highest BCUT2D eigenvalue weighted by atomic mass is 16.5. The fourth-order valence-corrected chi connectivity index (χ4v) is 2.52. The molecule has 2 aromatic rings. The van der Waals surface area contributed by atoms with E-state index >= 15 is 0 Å². The van der Waals surface area contributed by atoms with Crippen molar-refractivity contribution in [1.82, 2.24) is 10.3 Å². The topological polar surface area (TPSA) is 51.2 Å². The normalized spacial score (nSPS) is 15.9. The molecule has 1 aromatic carbocycles. The van der Waals surface area contributed by atoms with Gasteiger partial charge in [-0.05, 0) is 37.6 Å². The van der Waals surface area contributed by atoms with Gasteiger partial charge in [-0.1, -0.05) is 24.3 Å². The van der Waals surface area contributed by atoms with Crippen molar-refractivity contribution in [1.29, 1.82) is 0 Å². The molecule has 1 atom stereocenters. The molecule has 1 aliphatic carbocycles. The van der Waals surface area contributed by atoms with Gasteiger partial charge in [0.1, 0.15) is 6.04 Å². The van der Waals surface area contributed by atoms with Crippen LogP contribution in [0.5, 0.6) is 0 Å². The van der Waals surface area contributed by atoms with Crippen molar-refractivity contribution in [2.45, 2.75) is 25.8 Å². The van der Waals surface area contributed by atoms with Gasteiger partial charge >= 0.3 is 5.97 Å². The van der Waals surface area contributed by atoms with E-state index in [2.05, 4.69) is 10.3 Å². The molecule has 1 unspecified atom stereocenters. The van der Waals surface area contributed by atoms with E-state index in [0.29, 0.717) is 12.5 Å². The molecular weight excluding hydrogens is 264 g/mol. The summed E-state index contributed by atoms with van der Waals surface area (Å²) in [5.41, 5.74) is 0.896. The maximum absolute atomic E-state index is 12.3. The first kappa shape index (κ1) is 14.0. The van der Waals surface area contributed by atoms with Crippen LogP contribution in [0.4, 0.5) is 0 Å². The Hall–Kier alpha value is -1.94. The van der Waals surface area contributed by atoms with Crippen LogP contribution >= 0.6 is 0 Å². The van der Waals surface area contributed by atoms with Gasteiger partial charge in [-0.15, -0.1) is 0 Å². The Morgan fingerprint density at radius 2 is 2.19 bits per heavy atom. The van der Waals surface area contributed by atoms with Crippen LogP contribution in [0.25, 0.3) is 10.8 Å². The number of aromatic nitrogens is 1. The minimum absolute atomic E-state index is 0.226. The number of hydrogen-bond acceptors (Lipinski definition) is 4. The second-order valence-corrected chi connectivity index (χ2v) is 5.49. The molecule has 4 heteroatoms. The molecule has 0 radical (unpaired) electrons. The molecule has 1 heterocycles. The summed E-state index contributed by atoms with van der Waals surface area (Å²) in [5, 5.41) is 5.45. The number of esters is 1. The Labute approximate surface area is 124 Å². The quantitative estimate of drug-likeness (QED) is 0.829. The largest absolute Gasteiger partial charge is 0.465 e. The first-order valence-corrected chi connectivity index (χ1v) is 7.52. The van der Waals surface area contributed by atoms with Gasteiger partial charge in [0.2, 0.25) is 0 Å². The number of carbonyl (C=O) groups excluding carboxylic acids is 1. The Bertz CT molecular complexity index is 632. The Morgan fingerprint density at radius 3 is 2.95 bits per heavy atom. The molecule has 1 aliphatic rings. The first-order valence-electron chi connectivity index (χ1n) is 7.52. The molecule has 0 amide bonds. The summed E-state index contributed by atoms with van der Waals surface area (Å²) in [6.07, 6.45) is 6.08. The number of fused-ring (bicyclic) bond motifs is 1. The number of nitrogens with one attached hydrogen (secondary N) is 1. The second-order valence-electron chi connectivity index (χ2n) is 5.49. The average Bonchev–Trinajstić information content (AvgIpc) is 3.32. The zero-order valence-corrected chi connectivity index (χ0v) is 12.2. The van der Waals surface area contributed by atoms with E-state index in [1.165, 1.54) is 12.8 Å². The number of rotatable bonds is 6. The summed E-state index contributed by atoms with van der Waals surface area (Å²) in [4.78, 5) is 16.6. The van der Waals surface area contributed by atoms with Gasteiger partial charge in [0.05, 0.1) is 6.61 Å². The Kier molecular flexibility index (Phi) is 4.15. The number of pyridine rings is 1. The van der Waals surface area contributed by atoms with Crippen molar-refractivity contribution in [2.75, 3.05) is 13.2 Å². The maximum atomic E-state index is 12.3. The summed E-state index contributed by atoms with van der Waals surface area (Å²) in [5.74, 6) is 0.473. The summed E-state index contributed by atoms with van der Waals surface area (Å²) in [7, 11) is 0. The second kappa shape index (κ2) is 6.22. The van der Waals surface area contributed by atoms with Crippen molar-refractivity contribution in [2.24, 2.45) is 5.92 Å². The van der Waals surface area contributed by atoms with Gasteiger partial charge in [0.15, 0.2) is 0 Å². The zero-order valence-electron chi connectivity index (χ0n) is 12.2. The number of nitrogens with zero attached hydrogens (tertiary/aromatic N) is 1. The average molecular weight is 284 g/mol. The predicted molar refractivity (Wildman–Crippen MR) is 81.8 cm³/mol. The molecule has 21 heavy (non-hydrogen) atoms. The Morgan fingerprint density at radius 1 is 1.38 bits per heavy atom. The minimum Gasteiger partial charge on any atom is -0.465 e. The number of benzene rings is 1. The summed E-state index contributed by atoms with van der Waals surface area (Å²) < 4.78 is 5.23. The Balaban J connectivity index is 1.93. The van der Waals surface area contributed by atoms with Gasteiger partial charge in [0, 0.05) is 23.3 Å². The van der Waals surface area contributed by atoms with Crippen LogP contribution in [-0.4, -0.2) is 24.1 Å². The molecule has 1 saturated carbocycles. The van der Waals surface area contributed by atoms with E-state index in [0.717, 1.165) is 22.9 Å². The fraction of sp³-hybridized carbons (Fsp3) is 0.412. The summed E-state index contributed by atoms with van der Waals surface area (Å²) >= 11 is 0. The maximum Gasteiger partial charge on any atom is 0.327 e. The number of hydrogen-bond donors (Lipinski definition) is 1. The third-order valence-electron chi connectivity index (χ3n) is 3.84. The van der Waals surface area contributed by atoms with Crippen molar-refractivity contribution in [3.8, 4) is 0 Å². The third-order valence-corrected chi connectivity index (χ3v) is 3.84. The van der Waals surface area contributed by atoms with E-state index < -0.39 is 6.04 Å². The summed E-state index contributed by atoms with van der Waals surface area (Å²) in [6.45, 7) is 3.07. The molecule has 1 aromatic heterocycles. The third kappa shape index (κ3) is 3.22. The van der Waals surface area contributed by atoms with E-state index in [1.54, 1.807) is 6.20 Å². The molecule has 0 saturated heterocycles. The highest BCUT2D eigenvalue weighted by Gasteiger charge is 2.28. The van der Waals surface area contributed by atoms with E-state index in [9.17, 15) is 4.79 Å². The highest BCUT2D eigenvalue weighted by molar-refractivity contribution is 5.90. The molecule has 110 valence electrons. The molecule has 1 fully saturated rings. The number of carbonyl (C=O) groups is 1. The van der Waals surface area contributed by atoms with Crippen LogP contribution in [0.3, 0.4) is 0 Å². The van der Waals surface area contributed by atoms with E-state index in [1.807, 2.05) is 37.4 Å². The van der Waals surface area contributed by atoms with Crippen LogP contribution < -0.4 is 5.32 Å². The van der Waals surface area contributed by atoms with Gasteiger partial charge in [-0.25, -0.2) is 4.79 Å². The summed E-state index contributed by atoms with van der Waals surface area (Å²) in [6, 6.07) is 7.55. The van der Waals surface area contributed by atoms with Gasteiger partial charge < -0.3 is 10.1 Å². The number of ether oxygens (including phenoxy) is 1. The molecule has 1 N–H and O–H groups in total. The van der Waals surface area contributed by atoms with E-state index in [4.69, 9.17) is 4.74 Å². The van der Waals surface area contributed by atoms with Crippen LogP contribution in [0.1, 0.15) is 31.4 Å². The highest BCUT2D eigenvalue weighted by Crippen LogP contribution is 2.30. The first-order chi connectivity index (χ1) is 10.3. The SMILES string of the molecule is CCOC(=O)C(NCC1CC1)c1cncc2ccccc12. The molecule has 0 spiro atoms. The minimum atomic E-state index is -0.441. The standard InChI is InChI=1S/C17H20N2O2/c1-2-21-17(20)16(19-9-12-7-8-12)15-11-18-10-13-5-3-4-6-14(13)15/h3-6,10-12,16,19H,2,7-9H2,1H3. The molecule has 0 aliphatic heterocycles. The van der Waals surface area contributed by atoms with Crippen LogP contribution in [0.15, 0.2) is 36.7 Å². The lowest BCUT2D eigenvalue weighted by molar-refractivity contribution is -0.145. The van der Waals surface area contributed by atoms with Crippen molar-refractivity contribution in [3.05, 3.63) is 42.2 Å². The van der Waals surface area contributed by atoms with E-state index in [-0.39, 0.29) is 5.97 Å². The lowest BCUT2D eigenvalue weighted by atomic mass is 10.0. The van der Waals surface area contributed by atoms with Crippen LogP contribution in [0.2, 0.25) is 0 Å². The van der Waals surface area contributed by atoms with Crippen LogP contribution in [0, 0.1) is 5.92 Å². The molecule has 3 rings (SSSR count). The fourth-order valence-electron chi connectivity index (χ4n) is 2.52. The van der Waals surface area contributed by atoms with Crippen LogP contribution in [-0.2, 0) is 9.53 Å². The lowest BCUT2D eigenvalue weighted by Crippen LogP contribution is -2.32. The van der Waals surface area contributed by atoms with Crippen molar-refractivity contribution in [3.63, 3.8) is 0 Å². The lowest BCUT2D eigenvalue weighted by Gasteiger charge is -2.19. The van der Waals surface area contributed by atoms with Crippen molar-refractivity contribution >= 4 is 16.7 Å². The van der Waals surface area contributed by atoms with Crippen molar-refractivity contribution < 1.29 is 9.53 Å². The molecule has 0 bridgehead atoms. The molecular formula is C17H20N2O2. The monoisotopic (exact) mass is 284 g/mol. The zero-order chi connectivity index (χ0) is 14.7. The van der Waals surface area contributed by atoms with Gasteiger partial charge in [-0.2, -0.15) is 0 Å². The smallest absolute Gasteiger partial charge is 0.327 e. The molecule has 4 nitrogen and oxygen atoms in total. The van der Waals surface area contributed by atoms with Gasteiger partial charge in [0.25, 0.3) is 0 Å².